The molecule has 13 heavy (non-hydrogen) atoms. The smallest absolute Gasteiger partial charge is 0.206 e. The predicted octanol–water partition coefficient (Wildman–Crippen LogP) is 0.637. The molecule has 1 fully saturated rings. The van der Waals surface area contributed by atoms with Crippen molar-refractivity contribution in [3.8, 4) is 0 Å². The third kappa shape index (κ3) is 1.43. The number of aromatic nitrogens is 1. The Kier molecular flexibility index (Phi) is 1.82. The van der Waals surface area contributed by atoms with E-state index in [0.29, 0.717) is 17.1 Å². The highest BCUT2D eigenvalue weighted by atomic mass is 16.9. The Morgan fingerprint density at radius 3 is 2.54 bits per heavy atom. The maximum absolute atomic E-state index is 5.60. The summed E-state index contributed by atoms with van der Waals surface area (Å²) in [6.45, 7) is 1.82. The molecule has 2 heterocycles. The van der Waals surface area contributed by atoms with Crippen LogP contribution in [0.4, 0.5) is 11.4 Å². The van der Waals surface area contributed by atoms with Gasteiger partial charge in [0.1, 0.15) is 0 Å². The van der Waals surface area contributed by atoms with Crippen LogP contribution in [0.1, 0.15) is 18.9 Å². The normalized spacial score (nSPS) is 26.8. The van der Waals surface area contributed by atoms with Gasteiger partial charge in [-0.25, -0.2) is 0 Å². The van der Waals surface area contributed by atoms with Gasteiger partial charge in [-0.15, -0.1) is 0 Å². The predicted molar refractivity (Wildman–Crippen MR) is 47.4 cm³/mol. The van der Waals surface area contributed by atoms with E-state index in [2.05, 4.69) is 4.98 Å². The van der Waals surface area contributed by atoms with Crippen molar-refractivity contribution < 1.29 is 9.47 Å². The Bertz CT molecular complexity index is 323. The molecule has 1 aromatic rings. The Morgan fingerprint density at radius 1 is 1.31 bits per heavy atom. The molecule has 0 atom stereocenters. The zero-order valence-electron chi connectivity index (χ0n) is 7.23. The molecule has 0 unspecified atom stereocenters. The summed E-state index contributed by atoms with van der Waals surface area (Å²) in [6, 6.07) is 1.66. The molecule has 2 rings (SSSR count). The molecule has 4 N–H and O–H groups in total. The standard InChI is InChI=1S/C8H11N3O2/c1-4-12-8(13-4)7-2-5(9)6(10)3-11-7/h2-4,8H,10H2,1H3,(H2,9,11). The first kappa shape index (κ1) is 8.28. The summed E-state index contributed by atoms with van der Waals surface area (Å²) in [6.07, 6.45) is 0.948. The average molecular weight is 181 g/mol. The van der Waals surface area contributed by atoms with Gasteiger partial charge < -0.3 is 20.9 Å². The fraction of sp³-hybridized carbons (Fsp3) is 0.375. The van der Waals surface area contributed by atoms with Crippen molar-refractivity contribution in [2.45, 2.75) is 19.5 Å². The zero-order valence-corrected chi connectivity index (χ0v) is 7.23. The van der Waals surface area contributed by atoms with Crippen molar-refractivity contribution in [3.05, 3.63) is 18.0 Å². The fourth-order valence-corrected chi connectivity index (χ4v) is 1.13. The fourth-order valence-electron chi connectivity index (χ4n) is 1.13. The van der Waals surface area contributed by atoms with Gasteiger partial charge in [-0.1, -0.05) is 0 Å². The second-order valence-electron chi connectivity index (χ2n) is 2.91. The molecule has 0 radical (unpaired) electrons. The van der Waals surface area contributed by atoms with Gasteiger partial charge >= 0.3 is 0 Å². The second kappa shape index (κ2) is 2.86. The monoisotopic (exact) mass is 181 g/mol. The Morgan fingerprint density at radius 2 is 2.00 bits per heavy atom. The molecular weight excluding hydrogens is 170 g/mol. The lowest BCUT2D eigenvalue weighted by molar-refractivity contribution is -0.383. The van der Waals surface area contributed by atoms with Gasteiger partial charge in [0.25, 0.3) is 0 Å². The number of rotatable bonds is 1. The summed E-state index contributed by atoms with van der Waals surface area (Å²) < 4.78 is 10.5. The van der Waals surface area contributed by atoms with Crippen molar-refractivity contribution in [2.75, 3.05) is 11.5 Å². The Balaban J connectivity index is 2.18. The maximum atomic E-state index is 5.60. The highest BCUT2D eigenvalue weighted by Gasteiger charge is 2.29. The van der Waals surface area contributed by atoms with Crippen LogP contribution in [0.2, 0.25) is 0 Å². The summed E-state index contributed by atoms with van der Waals surface area (Å²) in [5, 5.41) is 0. The molecule has 0 aromatic carbocycles. The van der Waals surface area contributed by atoms with E-state index in [4.69, 9.17) is 20.9 Å². The van der Waals surface area contributed by atoms with E-state index in [1.807, 2.05) is 6.92 Å². The number of hydrogen-bond acceptors (Lipinski definition) is 5. The summed E-state index contributed by atoms with van der Waals surface area (Å²) >= 11 is 0. The van der Waals surface area contributed by atoms with Crippen molar-refractivity contribution in [2.24, 2.45) is 0 Å². The van der Waals surface area contributed by atoms with Crippen LogP contribution >= 0.6 is 0 Å². The van der Waals surface area contributed by atoms with E-state index in [-0.39, 0.29) is 6.29 Å². The SMILES string of the molecule is CC1OC(c2cc(N)c(N)cn2)O1. The minimum atomic E-state index is -0.391. The molecular formula is C8H11N3O2. The molecule has 1 aliphatic rings. The lowest BCUT2D eigenvalue weighted by Crippen LogP contribution is -2.32. The number of anilines is 2. The van der Waals surface area contributed by atoms with Gasteiger partial charge in [-0.05, 0) is 13.0 Å². The third-order valence-corrected chi connectivity index (χ3v) is 1.86. The first-order valence-corrected chi connectivity index (χ1v) is 3.98. The topological polar surface area (TPSA) is 83.4 Å². The molecule has 1 aliphatic heterocycles. The van der Waals surface area contributed by atoms with Crippen molar-refractivity contribution in [1.29, 1.82) is 0 Å². The van der Waals surface area contributed by atoms with Gasteiger partial charge in [0.05, 0.1) is 23.3 Å². The van der Waals surface area contributed by atoms with Gasteiger partial charge in [-0.2, -0.15) is 0 Å². The molecule has 5 nitrogen and oxygen atoms in total. The van der Waals surface area contributed by atoms with Crippen LogP contribution in [0, 0.1) is 0 Å². The van der Waals surface area contributed by atoms with Crippen LogP contribution in [0.15, 0.2) is 12.3 Å². The number of nitrogens with zero attached hydrogens (tertiary/aromatic N) is 1. The van der Waals surface area contributed by atoms with E-state index in [1.165, 1.54) is 6.20 Å². The molecule has 0 aliphatic carbocycles. The summed E-state index contributed by atoms with van der Waals surface area (Å²) in [5.74, 6) is 0. The minimum absolute atomic E-state index is 0.162. The zero-order chi connectivity index (χ0) is 9.42. The van der Waals surface area contributed by atoms with Crippen LogP contribution in [0.25, 0.3) is 0 Å². The average Bonchev–Trinajstić information content (AvgIpc) is 2.05. The van der Waals surface area contributed by atoms with Crippen molar-refractivity contribution in [1.82, 2.24) is 4.98 Å². The first-order valence-electron chi connectivity index (χ1n) is 3.98. The van der Waals surface area contributed by atoms with Crippen LogP contribution < -0.4 is 11.5 Å². The summed E-state index contributed by atoms with van der Waals surface area (Å²) in [5.41, 5.74) is 12.7. The molecule has 0 spiro atoms. The number of nitrogen functional groups attached to an aromatic ring is 2. The Hall–Kier alpha value is -1.33. The quantitative estimate of drug-likeness (QED) is 0.664. The van der Waals surface area contributed by atoms with Gasteiger partial charge in [0.2, 0.25) is 6.29 Å². The highest BCUT2D eigenvalue weighted by molar-refractivity contribution is 5.61. The summed E-state index contributed by atoms with van der Waals surface area (Å²) in [4.78, 5) is 4.04. The highest BCUT2D eigenvalue weighted by Crippen LogP contribution is 2.31. The Labute approximate surface area is 75.6 Å². The number of pyridine rings is 1. The molecule has 0 amide bonds. The van der Waals surface area contributed by atoms with E-state index in [0.717, 1.165) is 0 Å². The molecule has 5 heteroatoms. The molecule has 1 saturated heterocycles. The second-order valence-corrected chi connectivity index (χ2v) is 2.91. The largest absolute Gasteiger partial charge is 0.397 e. The van der Waals surface area contributed by atoms with E-state index < -0.39 is 6.29 Å². The van der Waals surface area contributed by atoms with Crippen LogP contribution in [-0.2, 0) is 9.47 Å². The van der Waals surface area contributed by atoms with Crippen LogP contribution in [-0.4, -0.2) is 11.3 Å². The molecule has 0 saturated carbocycles. The number of hydrogen-bond donors (Lipinski definition) is 2. The van der Waals surface area contributed by atoms with Crippen LogP contribution in [0.5, 0.6) is 0 Å². The van der Waals surface area contributed by atoms with Crippen LogP contribution in [0.3, 0.4) is 0 Å². The lowest BCUT2D eigenvalue weighted by Gasteiger charge is -2.33. The number of ether oxygens (including phenoxy) is 2. The molecule has 1 aromatic heterocycles. The third-order valence-electron chi connectivity index (χ3n) is 1.86. The summed E-state index contributed by atoms with van der Waals surface area (Å²) in [7, 11) is 0. The van der Waals surface area contributed by atoms with E-state index in [9.17, 15) is 0 Å². The first-order chi connectivity index (χ1) is 6.16. The molecule has 0 bridgehead atoms. The van der Waals surface area contributed by atoms with E-state index >= 15 is 0 Å². The lowest BCUT2D eigenvalue weighted by atomic mass is 10.2. The van der Waals surface area contributed by atoms with Crippen molar-refractivity contribution >= 4 is 11.4 Å². The maximum Gasteiger partial charge on any atom is 0.206 e. The molecule has 70 valence electrons. The van der Waals surface area contributed by atoms with Gasteiger partial charge in [0.15, 0.2) is 6.29 Å². The number of nitrogens with two attached hydrogens (primary N) is 2. The minimum Gasteiger partial charge on any atom is -0.397 e. The van der Waals surface area contributed by atoms with Gasteiger partial charge in [0, 0.05) is 0 Å². The van der Waals surface area contributed by atoms with Crippen molar-refractivity contribution in [3.63, 3.8) is 0 Å². The van der Waals surface area contributed by atoms with Gasteiger partial charge in [-0.3, -0.25) is 4.98 Å². The van der Waals surface area contributed by atoms with E-state index in [1.54, 1.807) is 6.07 Å².